The molecule has 3 fully saturated rings. The van der Waals surface area contributed by atoms with Crippen LogP contribution in [0, 0.1) is 29.1 Å². The van der Waals surface area contributed by atoms with E-state index in [0.29, 0.717) is 19.1 Å². The summed E-state index contributed by atoms with van der Waals surface area (Å²) in [6.45, 7) is 5.75. The van der Waals surface area contributed by atoms with Crippen molar-refractivity contribution in [2.45, 2.75) is 89.6 Å². The number of hydrogen-bond donors (Lipinski definition) is 2. The van der Waals surface area contributed by atoms with Crippen LogP contribution in [0.2, 0.25) is 0 Å². The van der Waals surface area contributed by atoms with E-state index in [0.717, 1.165) is 38.5 Å². The Labute approximate surface area is 152 Å². The minimum Gasteiger partial charge on any atom is -0.392 e. The van der Waals surface area contributed by atoms with Gasteiger partial charge in [-0.25, -0.2) is 0 Å². The first kappa shape index (κ1) is 19.2. The molecule has 0 bridgehead atoms. The maximum atomic E-state index is 10.5. The molecule has 4 nitrogen and oxygen atoms in total. The fraction of sp³-hybridized carbons (Fsp3) is 0.905. The zero-order chi connectivity index (χ0) is 17.9. The zero-order valence-corrected chi connectivity index (χ0v) is 15.8. The summed E-state index contributed by atoms with van der Waals surface area (Å²) in [7, 11) is 0. The van der Waals surface area contributed by atoms with Gasteiger partial charge in [0.25, 0.3) is 0 Å². The average molecular weight is 350 g/mol. The lowest BCUT2D eigenvalue weighted by Crippen LogP contribution is -2.67. The molecule has 5 atom stereocenters. The second-order valence-electron chi connectivity index (χ2n) is 8.32. The van der Waals surface area contributed by atoms with E-state index in [4.69, 9.17) is 9.47 Å². The van der Waals surface area contributed by atoms with Crippen molar-refractivity contribution in [1.29, 1.82) is 0 Å². The number of rotatable bonds is 6. The van der Waals surface area contributed by atoms with Crippen LogP contribution in [-0.2, 0) is 9.47 Å². The van der Waals surface area contributed by atoms with Crippen LogP contribution in [0.25, 0.3) is 0 Å². The van der Waals surface area contributed by atoms with E-state index in [-0.39, 0.29) is 11.3 Å². The van der Waals surface area contributed by atoms with E-state index in [2.05, 4.69) is 25.7 Å². The molecule has 1 spiro atoms. The van der Waals surface area contributed by atoms with E-state index in [9.17, 15) is 10.2 Å². The van der Waals surface area contributed by atoms with Gasteiger partial charge < -0.3 is 19.7 Å². The lowest BCUT2D eigenvalue weighted by Gasteiger charge is -2.64. The highest BCUT2D eigenvalue weighted by Gasteiger charge is 2.69. The van der Waals surface area contributed by atoms with Gasteiger partial charge in [0.15, 0.2) is 5.79 Å². The quantitative estimate of drug-likeness (QED) is 0.570. The number of aliphatic hydroxyl groups is 2. The van der Waals surface area contributed by atoms with Gasteiger partial charge in [-0.2, -0.15) is 0 Å². The third-order valence-corrected chi connectivity index (χ3v) is 6.74. The summed E-state index contributed by atoms with van der Waals surface area (Å²) < 4.78 is 11.9. The molecule has 2 aliphatic carbocycles. The van der Waals surface area contributed by atoms with E-state index in [1.165, 1.54) is 19.3 Å². The Kier molecular flexibility index (Phi) is 6.11. The topological polar surface area (TPSA) is 58.9 Å². The third-order valence-electron chi connectivity index (χ3n) is 6.74. The van der Waals surface area contributed by atoms with Crippen molar-refractivity contribution in [2.24, 2.45) is 17.3 Å². The Morgan fingerprint density at radius 2 is 1.88 bits per heavy atom. The zero-order valence-electron chi connectivity index (χ0n) is 15.8. The molecule has 0 amide bonds. The maximum absolute atomic E-state index is 10.5. The van der Waals surface area contributed by atoms with Crippen LogP contribution in [0.5, 0.6) is 0 Å². The average Bonchev–Trinajstić information content (AvgIpc) is 3.10. The molecule has 2 saturated carbocycles. The van der Waals surface area contributed by atoms with Crippen LogP contribution >= 0.6 is 0 Å². The van der Waals surface area contributed by atoms with Crippen LogP contribution < -0.4 is 0 Å². The third kappa shape index (κ3) is 3.62. The Morgan fingerprint density at radius 1 is 1.16 bits per heavy atom. The van der Waals surface area contributed by atoms with Gasteiger partial charge >= 0.3 is 0 Å². The van der Waals surface area contributed by atoms with Gasteiger partial charge in [-0.3, -0.25) is 0 Å². The van der Waals surface area contributed by atoms with Gasteiger partial charge in [0.2, 0.25) is 0 Å². The van der Waals surface area contributed by atoms with Crippen molar-refractivity contribution in [1.82, 2.24) is 0 Å². The molecule has 0 aromatic carbocycles. The molecular weight excluding hydrogens is 316 g/mol. The highest BCUT2D eigenvalue weighted by Crippen LogP contribution is 2.66. The molecule has 3 aliphatic rings. The molecule has 1 heterocycles. The van der Waals surface area contributed by atoms with Crippen molar-refractivity contribution < 1.29 is 19.7 Å². The van der Waals surface area contributed by atoms with Crippen molar-refractivity contribution in [3.63, 3.8) is 0 Å². The highest BCUT2D eigenvalue weighted by molar-refractivity contribution is 5.21. The molecule has 3 rings (SSSR count). The van der Waals surface area contributed by atoms with Crippen molar-refractivity contribution in [3.8, 4) is 11.8 Å². The minimum absolute atomic E-state index is 0.0623. The Morgan fingerprint density at radius 3 is 2.60 bits per heavy atom. The molecule has 0 radical (unpaired) electrons. The largest absolute Gasteiger partial charge is 0.392 e. The second-order valence-corrected chi connectivity index (χ2v) is 8.32. The molecule has 0 aromatic rings. The maximum Gasteiger partial charge on any atom is 0.174 e. The SMILES string of the molecule is CCCCCCC[C@H](O)C#C[C@H]1[C@H](O)CC[C@@]2(C)[C@@H]1CC21OCCO1. The Balaban J connectivity index is 1.55. The molecule has 1 saturated heterocycles. The van der Waals surface area contributed by atoms with Crippen molar-refractivity contribution in [2.75, 3.05) is 13.2 Å². The molecule has 142 valence electrons. The number of aliphatic hydroxyl groups excluding tert-OH is 2. The predicted molar refractivity (Wildman–Crippen MR) is 96.7 cm³/mol. The van der Waals surface area contributed by atoms with Crippen LogP contribution in [0.4, 0.5) is 0 Å². The second kappa shape index (κ2) is 7.96. The predicted octanol–water partition coefficient (Wildman–Crippen LogP) is 3.25. The molecule has 0 aromatic heterocycles. The Hall–Kier alpha value is -0.600. The summed E-state index contributed by atoms with van der Waals surface area (Å²) in [5.41, 5.74) is -0.0623. The van der Waals surface area contributed by atoms with E-state index < -0.39 is 18.0 Å². The summed E-state index contributed by atoms with van der Waals surface area (Å²) in [6.07, 6.45) is 8.14. The van der Waals surface area contributed by atoms with Gasteiger partial charge in [0, 0.05) is 11.8 Å². The van der Waals surface area contributed by atoms with Gasteiger partial charge in [0.05, 0.1) is 25.2 Å². The van der Waals surface area contributed by atoms with Crippen LogP contribution in [-0.4, -0.2) is 41.4 Å². The number of unbranched alkanes of at least 4 members (excludes halogenated alkanes) is 4. The lowest BCUT2D eigenvalue weighted by atomic mass is 9.47. The summed E-state index contributed by atoms with van der Waals surface area (Å²) in [5.74, 6) is 6.01. The summed E-state index contributed by atoms with van der Waals surface area (Å²) in [6, 6.07) is 0. The van der Waals surface area contributed by atoms with Gasteiger partial charge in [-0.05, 0) is 31.6 Å². The lowest BCUT2D eigenvalue weighted by molar-refractivity contribution is -0.344. The van der Waals surface area contributed by atoms with Crippen molar-refractivity contribution >= 4 is 0 Å². The fourth-order valence-corrected chi connectivity index (χ4v) is 5.00. The first-order valence-electron chi connectivity index (χ1n) is 10.2. The van der Waals surface area contributed by atoms with E-state index in [1.807, 2.05) is 0 Å². The molecule has 1 aliphatic heterocycles. The van der Waals surface area contributed by atoms with Crippen LogP contribution in [0.3, 0.4) is 0 Å². The first-order chi connectivity index (χ1) is 12.0. The van der Waals surface area contributed by atoms with Crippen LogP contribution in [0.1, 0.15) is 71.6 Å². The van der Waals surface area contributed by atoms with E-state index >= 15 is 0 Å². The standard InChI is InChI=1S/C21H34O4/c1-3-4-5-6-7-8-16(22)9-10-17-18-15-21(24-13-14-25-21)20(18,2)12-11-19(17)23/h16-19,22-23H,3-8,11-15H2,1-2H3/t16-,17+,18+,19+,20-/m0/s1. The minimum atomic E-state index is -0.574. The molecular formula is C21H34O4. The van der Waals surface area contributed by atoms with E-state index in [1.54, 1.807) is 0 Å². The monoisotopic (exact) mass is 350 g/mol. The molecule has 0 unspecified atom stereocenters. The summed E-state index contributed by atoms with van der Waals surface area (Å²) in [4.78, 5) is 0. The fourth-order valence-electron chi connectivity index (χ4n) is 5.00. The smallest absolute Gasteiger partial charge is 0.174 e. The van der Waals surface area contributed by atoms with Gasteiger partial charge in [-0.1, -0.05) is 51.4 Å². The molecule has 4 heteroatoms. The van der Waals surface area contributed by atoms with Gasteiger partial charge in [-0.15, -0.1) is 0 Å². The number of fused-ring (bicyclic) bond motifs is 2. The van der Waals surface area contributed by atoms with Crippen molar-refractivity contribution in [3.05, 3.63) is 0 Å². The van der Waals surface area contributed by atoms with Gasteiger partial charge in [0.1, 0.15) is 6.10 Å². The number of ether oxygens (including phenoxy) is 2. The highest BCUT2D eigenvalue weighted by atomic mass is 16.7. The summed E-state index contributed by atoms with van der Waals surface area (Å²) in [5, 5.41) is 20.6. The molecule has 2 N–H and O–H groups in total. The molecule has 25 heavy (non-hydrogen) atoms. The van der Waals surface area contributed by atoms with Crippen LogP contribution in [0.15, 0.2) is 0 Å². The number of hydrogen-bond acceptors (Lipinski definition) is 4. The Bertz CT molecular complexity index is 502. The normalized spacial score (nSPS) is 37.0. The summed E-state index contributed by atoms with van der Waals surface area (Å²) >= 11 is 0. The first-order valence-corrected chi connectivity index (χ1v) is 10.2.